The summed E-state index contributed by atoms with van der Waals surface area (Å²) in [7, 11) is 0. The van der Waals surface area contributed by atoms with Gasteiger partial charge in [-0.25, -0.2) is 4.79 Å². The van der Waals surface area contributed by atoms with Gasteiger partial charge in [0.1, 0.15) is 5.60 Å². The molecule has 0 radical (unpaired) electrons. The lowest BCUT2D eigenvalue weighted by Crippen LogP contribution is -2.59. The molecule has 3 aliphatic rings. The number of hydrogen-bond donors (Lipinski definition) is 2. The quantitative estimate of drug-likeness (QED) is 0.655. The van der Waals surface area contributed by atoms with Crippen LogP contribution in [0, 0.1) is 5.41 Å². The predicted molar refractivity (Wildman–Crippen MR) is 122 cm³/mol. The molecule has 1 aliphatic carbocycles. The van der Waals surface area contributed by atoms with E-state index in [0.717, 1.165) is 30.4 Å². The van der Waals surface area contributed by atoms with E-state index >= 15 is 0 Å². The fourth-order valence-electron chi connectivity index (χ4n) is 3.86. The third-order valence-corrected chi connectivity index (χ3v) is 5.79. The van der Waals surface area contributed by atoms with Gasteiger partial charge < -0.3 is 29.8 Å². The lowest BCUT2D eigenvalue weighted by molar-refractivity contribution is -0.119. The largest absolute Gasteiger partial charge is 0.444 e. The first-order valence-electron chi connectivity index (χ1n) is 11.2. The number of piperidine rings is 1. The molecule has 4 rings (SSSR count). The number of ether oxygens (including phenoxy) is 1. The maximum absolute atomic E-state index is 12.0. The standard InChI is InChI=1S/C23H30N6O4/c1-23(2,3)32-22(31)29-12-18(13-29)25-11-17-5-4-16(10-19(17)24)20-26-21(33-27-20)15-6-8-28(14-30)9-7-15/h4-5,10-11,14-15,18,24-25H,6-9,12-13H2,1-3H3/b17-11-,24-19?. The second kappa shape index (κ2) is 9.21. The van der Waals surface area contributed by atoms with Crippen molar-refractivity contribution in [3.8, 4) is 0 Å². The van der Waals surface area contributed by atoms with Gasteiger partial charge in [0.05, 0.1) is 11.8 Å². The molecule has 1 aromatic rings. The third-order valence-electron chi connectivity index (χ3n) is 5.79. The summed E-state index contributed by atoms with van der Waals surface area (Å²) >= 11 is 0. The zero-order chi connectivity index (χ0) is 23.6. The van der Waals surface area contributed by atoms with Crippen LogP contribution in [0.3, 0.4) is 0 Å². The van der Waals surface area contributed by atoms with E-state index in [4.69, 9.17) is 14.7 Å². The average Bonchev–Trinajstić information content (AvgIpc) is 3.22. The van der Waals surface area contributed by atoms with Gasteiger partial charge >= 0.3 is 6.09 Å². The van der Waals surface area contributed by atoms with Gasteiger partial charge in [-0.15, -0.1) is 0 Å². The summed E-state index contributed by atoms with van der Waals surface area (Å²) in [5, 5.41) is 15.7. The van der Waals surface area contributed by atoms with Gasteiger partial charge in [0.2, 0.25) is 18.1 Å². The van der Waals surface area contributed by atoms with Gasteiger partial charge in [-0.2, -0.15) is 4.98 Å². The predicted octanol–water partition coefficient (Wildman–Crippen LogP) is 2.47. The average molecular weight is 455 g/mol. The molecule has 176 valence electrons. The van der Waals surface area contributed by atoms with Crippen molar-refractivity contribution in [1.82, 2.24) is 25.3 Å². The van der Waals surface area contributed by atoms with Crippen molar-refractivity contribution in [2.75, 3.05) is 26.2 Å². The number of carbonyl (C=O) groups excluding carboxylic acids is 2. The summed E-state index contributed by atoms with van der Waals surface area (Å²) < 4.78 is 10.8. The number of rotatable bonds is 5. The molecule has 33 heavy (non-hydrogen) atoms. The first kappa shape index (κ1) is 22.8. The van der Waals surface area contributed by atoms with Crippen LogP contribution in [0.4, 0.5) is 4.79 Å². The molecule has 0 saturated carbocycles. The van der Waals surface area contributed by atoms with Crippen molar-refractivity contribution in [3.63, 3.8) is 0 Å². The second-order valence-corrected chi connectivity index (χ2v) is 9.57. The van der Waals surface area contributed by atoms with Gasteiger partial charge in [0, 0.05) is 49.4 Å². The maximum Gasteiger partial charge on any atom is 0.410 e. The van der Waals surface area contributed by atoms with Crippen molar-refractivity contribution in [2.24, 2.45) is 0 Å². The summed E-state index contributed by atoms with van der Waals surface area (Å²) in [6.07, 6.45) is 9.39. The van der Waals surface area contributed by atoms with E-state index in [1.807, 2.05) is 32.9 Å². The summed E-state index contributed by atoms with van der Waals surface area (Å²) in [5.74, 6) is 1.19. The van der Waals surface area contributed by atoms with Crippen LogP contribution in [0.2, 0.25) is 0 Å². The first-order chi connectivity index (χ1) is 15.7. The minimum Gasteiger partial charge on any atom is -0.444 e. The van der Waals surface area contributed by atoms with Crippen LogP contribution in [-0.2, 0) is 9.53 Å². The SMILES string of the molecule is CC(C)(C)OC(=O)N1CC(N/C=C2/C=CC(c3noc(C4CCN(C=O)CC4)n3)=CC2=N)C1. The Hall–Kier alpha value is -3.43. The van der Waals surface area contributed by atoms with Crippen molar-refractivity contribution >= 4 is 23.8 Å². The molecule has 2 N–H and O–H groups in total. The normalized spacial score (nSPS) is 21.1. The zero-order valence-electron chi connectivity index (χ0n) is 19.2. The smallest absolute Gasteiger partial charge is 0.410 e. The molecule has 0 aromatic carbocycles. The number of likely N-dealkylation sites (tertiary alicyclic amines) is 2. The van der Waals surface area contributed by atoms with E-state index < -0.39 is 5.60 Å². The van der Waals surface area contributed by atoms with E-state index in [2.05, 4.69) is 15.5 Å². The van der Waals surface area contributed by atoms with Crippen LogP contribution in [0.25, 0.3) is 5.57 Å². The molecule has 0 spiro atoms. The van der Waals surface area contributed by atoms with Crippen LogP contribution in [0.15, 0.2) is 34.5 Å². The number of amides is 2. The fourth-order valence-corrected chi connectivity index (χ4v) is 3.86. The summed E-state index contributed by atoms with van der Waals surface area (Å²) in [4.78, 5) is 30.8. The summed E-state index contributed by atoms with van der Waals surface area (Å²) in [5.41, 5.74) is 1.29. The van der Waals surface area contributed by atoms with E-state index in [-0.39, 0.29) is 18.1 Å². The number of nitrogens with one attached hydrogen (secondary N) is 2. The van der Waals surface area contributed by atoms with Gasteiger partial charge in [0.15, 0.2) is 0 Å². The van der Waals surface area contributed by atoms with Crippen LogP contribution in [0.5, 0.6) is 0 Å². The number of aromatic nitrogens is 2. The molecule has 0 unspecified atom stereocenters. The summed E-state index contributed by atoms with van der Waals surface area (Å²) in [6.45, 7) is 8.06. The maximum atomic E-state index is 12.0. The Morgan fingerprint density at radius 2 is 2.00 bits per heavy atom. The number of nitrogens with zero attached hydrogens (tertiary/aromatic N) is 4. The van der Waals surface area contributed by atoms with Crippen molar-refractivity contribution in [1.29, 1.82) is 5.41 Å². The Balaban J connectivity index is 1.28. The third kappa shape index (κ3) is 5.50. The lowest BCUT2D eigenvalue weighted by Gasteiger charge is -2.39. The fraction of sp³-hybridized carbons (Fsp3) is 0.522. The van der Waals surface area contributed by atoms with Gasteiger partial charge in [-0.05, 0) is 39.7 Å². The van der Waals surface area contributed by atoms with Crippen LogP contribution in [0.1, 0.15) is 51.2 Å². The van der Waals surface area contributed by atoms with Gasteiger partial charge in [0.25, 0.3) is 0 Å². The van der Waals surface area contributed by atoms with Crippen molar-refractivity contribution < 1.29 is 18.8 Å². The lowest BCUT2D eigenvalue weighted by atomic mass is 9.97. The molecule has 1 aromatic heterocycles. The molecule has 2 amide bonds. The topological polar surface area (TPSA) is 125 Å². The minimum absolute atomic E-state index is 0.127. The molecule has 0 bridgehead atoms. The van der Waals surface area contributed by atoms with Crippen LogP contribution < -0.4 is 5.32 Å². The van der Waals surface area contributed by atoms with Gasteiger partial charge in [-0.3, -0.25) is 4.79 Å². The Kier molecular flexibility index (Phi) is 6.35. The molecule has 2 fully saturated rings. The van der Waals surface area contributed by atoms with Gasteiger partial charge in [-0.1, -0.05) is 17.3 Å². The molecule has 3 heterocycles. The second-order valence-electron chi connectivity index (χ2n) is 9.57. The Bertz CT molecular complexity index is 1000. The molecular weight excluding hydrogens is 424 g/mol. The van der Waals surface area contributed by atoms with E-state index in [0.29, 0.717) is 43.6 Å². The highest BCUT2D eigenvalue weighted by molar-refractivity contribution is 6.14. The Labute approximate surface area is 192 Å². The molecule has 10 nitrogen and oxygen atoms in total. The summed E-state index contributed by atoms with van der Waals surface area (Å²) in [6, 6.07) is 0.127. The van der Waals surface area contributed by atoms with E-state index in [9.17, 15) is 9.59 Å². The molecule has 10 heteroatoms. The van der Waals surface area contributed by atoms with E-state index in [1.54, 1.807) is 22.1 Å². The van der Waals surface area contributed by atoms with Crippen LogP contribution in [-0.4, -0.2) is 76.0 Å². The molecule has 0 atom stereocenters. The first-order valence-corrected chi connectivity index (χ1v) is 11.2. The molecule has 2 aliphatic heterocycles. The van der Waals surface area contributed by atoms with Crippen LogP contribution >= 0.6 is 0 Å². The highest BCUT2D eigenvalue weighted by Crippen LogP contribution is 2.28. The number of hydrogen-bond acceptors (Lipinski definition) is 8. The zero-order valence-corrected chi connectivity index (χ0v) is 19.2. The highest BCUT2D eigenvalue weighted by atomic mass is 16.6. The minimum atomic E-state index is -0.503. The van der Waals surface area contributed by atoms with Crippen molar-refractivity contribution in [3.05, 3.63) is 41.7 Å². The number of carbonyl (C=O) groups is 2. The van der Waals surface area contributed by atoms with Crippen molar-refractivity contribution in [2.45, 2.75) is 51.2 Å². The molecule has 2 saturated heterocycles. The molecular formula is C23H30N6O4. The Morgan fingerprint density at radius 3 is 2.64 bits per heavy atom. The Morgan fingerprint density at radius 1 is 1.27 bits per heavy atom. The number of allylic oxidation sites excluding steroid dienone is 5. The van der Waals surface area contributed by atoms with E-state index in [1.165, 1.54) is 0 Å². The highest BCUT2D eigenvalue weighted by Gasteiger charge is 2.33. The monoisotopic (exact) mass is 454 g/mol.